The lowest BCUT2D eigenvalue weighted by atomic mass is 10.0. The highest BCUT2D eigenvalue weighted by atomic mass is 19.4. The molecule has 0 saturated heterocycles. The van der Waals surface area contributed by atoms with E-state index in [1.165, 1.54) is 12.1 Å². The average Bonchev–Trinajstić information content (AvgIpc) is 2.62. The van der Waals surface area contributed by atoms with Crippen molar-refractivity contribution in [2.75, 3.05) is 7.11 Å². The molecule has 4 nitrogen and oxygen atoms in total. The van der Waals surface area contributed by atoms with Crippen LogP contribution in [0.4, 0.5) is 13.2 Å². The molecule has 0 bridgehead atoms. The second-order valence-electron chi connectivity index (χ2n) is 6.20. The molecule has 0 spiro atoms. The van der Waals surface area contributed by atoms with Gasteiger partial charge in [0.2, 0.25) is 6.10 Å². The van der Waals surface area contributed by atoms with Crippen molar-refractivity contribution in [3.05, 3.63) is 58.7 Å². The Morgan fingerprint density at radius 2 is 1.85 bits per heavy atom. The van der Waals surface area contributed by atoms with E-state index in [9.17, 15) is 18.0 Å². The summed E-state index contributed by atoms with van der Waals surface area (Å²) in [7, 11) is 1.02. The van der Waals surface area contributed by atoms with E-state index in [2.05, 4.69) is 4.74 Å². The van der Waals surface area contributed by atoms with Crippen LogP contribution in [0, 0.1) is 13.8 Å². The lowest BCUT2D eigenvalue weighted by Crippen LogP contribution is -2.40. The van der Waals surface area contributed by atoms with Gasteiger partial charge in [0, 0.05) is 11.6 Å². The highest BCUT2D eigenvalue weighted by Gasteiger charge is 2.48. The van der Waals surface area contributed by atoms with Crippen LogP contribution in [0.2, 0.25) is 0 Å². The maximum Gasteiger partial charge on any atom is 0.430 e. The van der Waals surface area contributed by atoms with Crippen LogP contribution in [0.3, 0.4) is 0 Å². The number of alkyl halides is 3. The number of hydrogen-bond donors (Lipinski definition) is 0. The van der Waals surface area contributed by atoms with Crippen molar-refractivity contribution < 1.29 is 32.2 Å². The van der Waals surface area contributed by atoms with Crippen LogP contribution < -0.4 is 9.47 Å². The van der Waals surface area contributed by atoms with E-state index in [0.29, 0.717) is 17.1 Å². The Kier molecular flexibility index (Phi) is 4.87. The average molecular weight is 378 g/mol. The highest BCUT2D eigenvalue weighted by Crippen LogP contribution is 2.40. The summed E-state index contributed by atoms with van der Waals surface area (Å²) in [6.45, 7) is 3.78. The molecule has 0 amide bonds. The van der Waals surface area contributed by atoms with Gasteiger partial charge in [-0.15, -0.1) is 0 Å². The van der Waals surface area contributed by atoms with Crippen LogP contribution in [0.15, 0.2) is 42.0 Å². The third-order valence-electron chi connectivity index (χ3n) is 4.11. The third kappa shape index (κ3) is 3.92. The maximum absolute atomic E-state index is 13.3. The Balaban J connectivity index is 1.97. The molecular formula is C20H17F3O4. The van der Waals surface area contributed by atoms with Crippen LogP contribution in [0.1, 0.15) is 16.7 Å². The topological polar surface area (TPSA) is 44.8 Å². The van der Waals surface area contributed by atoms with Gasteiger partial charge in [-0.05, 0) is 49.2 Å². The van der Waals surface area contributed by atoms with E-state index in [1.54, 1.807) is 6.07 Å². The highest BCUT2D eigenvalue weighted by molar-refractivity contribution is 5.96. The molecule has 3 rings (SSSR count). The van der Waals surface area contributed by atoms with Gasteiger partial charge >= 0.3 is 12.1 Å². The predicted molar refractivity (Wildman–Crippen MR) is 92.9 cm³/mol. The number of hydrogen-bond acceptors (Lipinski definition) is 4. The minimum absolute atomic E-state index is 0.0206. The van der Waals surface area contributed by atoms with Gasteiger partial charge in [-0.1, -0.05) is 12.1 Å². The first kappa shape index (κ1) is 18.8. The minimum atomic E-state index is -4.76. The summed E-state index contributed by atoms with van der Waals surface area (Å²) in [5.74, 6) is -0.173. The summed E-state index contributed by atoms with van der Waals surface area (Å²) in [4.78, 5) is 11.7. The first-order chi connectivity index (χ1) is 12.7. The number of rotatable bonds is 3. The van der Waals surface area contributed by atoms with Crippen molar-refractivity contribution in [2.24, 2.45) is 0 Å². The van der Waals surface area contributed by atoms with Crippen molar-refractivity contribution in [1.82, 2.24) is 0 Å². The van der Waals surface area contributed by atoms with E-state index in [0.717, 1.165) is 24.3 Å². The molecule has 0 radical (unpaired) electrons. The van der Waals surface area contributed by atoms with Crippen molar-refractivity contribution in [3.8, 4) is 17.2 Å². The minimum Gasteiger partial charge on any atom is -0.475 e. The van der Waals surface area contributed by atoms with Gasteiger partial charge in [-0.3, -0.25) is 0 Å². The molecule has 0 saturated carbocycles. The molecule has 1 aliphatic rings. The quantitative estimate of drug-likeness (QED) is 0.707. The maximum atomic E-state index is 13.3. The number of fused-ring (bicyclic) bond motifs is 1. The summed E-state index contributed by atoms with van der Waals surface area (Å²) >= 11 is 0. The standard InChI is InChI=1S/C20H17F3O4/c1-11-4-5-12(2)16(8-11)26-14-7-6-13-9-15(19(24)25-3)18(20(21,22)23)27-17(13)10-14/h4-10,18H,1-3H3/t18-/m1/s1. The van der Waals surface area contributed by atoms with Gasteiger partial charge < -0.3 is 14.2 Å². The number of halogens is 3. The number of carbonyl (C=O) groups is 1. The number of ether oxygens (including phenoxy) is 3. The molecule has 2 aromatic rings. The van der Waals surface area contributed by atoms with E-state index >= 15 is 0 Å². The van der Waals surface area contributed by atoms with E-state index in [1.807, 2.05) is 32.0 Å². The zero-order valence-corrected chi connectivity index (χ0v) is 14.9. The SMILES string of the molecule is COC(=O)C1=Cc2ccc(Oc3cc(C)ccc3C)cc2O[C@H]1C(F)(F)F. The lowest BCUT2D eigenvalue weighted by Gasteiger charge is -2.27. The van der Waals surface area contributed by atoms with Crippen LogP contribution in [0.25, 0.3) is 6.08 Å². The zero-order valence-electron chi connectivity index (χ0n) is 14.9. The number of benzene rings is 2. The molecule has 142 valence electrons. The van der Waals surface area contributed by atoms with Crippen molar-refractivity contribution in [2.45, 2.75) is 26.1 Å². The van der Waals surface area contributed by atoms with E-state index in [4.69, 9.17) is 9.47 Å². The molecule has 0 fully saturated rings. The summed E-state index contributed by atoms with van der Waals surface area (Å²) in [6.07, 6.45) is -6.03. The Morgan fingerprint density at radius 3 is 2.52 bits per heavy atom. The normalized spacial score (nSPS) is 16.1. The monoisotopic (exact) mass is 378 g/mol. The number of aryl methyl sites for hydroxylation is 2. The first-order valence-electron chi connectivity index (χ1n) is 8.11. The summed E-state index contributed by atoms with van der Waals surface area (Å²) in [6, 6.07) is 10.2. The number of esters is 1. The van der Waals surface area contributed by atoms with Gasteiger partial charge in [0.1, 0.15) is 17.2 Å². The molecule has 1 heterocycles. The third-order valence-corrected chi connectivity index (χ3v) is 4.11. The molecule has 0 N–H and O–H groups in total. The van der Waals surface area contributed by atoms with Crippen LogP contribution in [-0.2, 0) is 9.53 Å². The Morgan fingerprint density at radius 1 is 1.11 bits per heavy atom. The van der Waals surface area contributed by atoms with Gasteiger partial charge in [-0.25, -0.2) is 4.79 Å². The van der Waals surface area contributed by atoms with Gasteiger partial charge in [0.05, 0.1) is 12.7 Å². The second-order valence-corrected chi connectivity index (χ2v) is 6.20. The fourth-order valence-corrected chi connectivity index (χ4v) is 2.70. The lowest BCUT2D eigenvalue weighted by molar-refractivity contribution is -0.187. The van der Waals surface area contributed by atoms with Crippen molar-refractivity contribution >= 4 is 12.0 Å². The van der Waals surface area contributed by atoms with Gasteiger partial charge in [-0.2, -0.15) is 13.2 Å². The Hall–Kier alpha value is -2.96. The van der Waals surface area contributed by atoms with Crippen LogP contribution in [-0.4, -0.2) is 25.4 Å². The molecule has 1 aliphatic heterocycles. The Labute approximate surface area is 154 Å². The van der Waals surface area contributed by atoms with E-state index < -0.39 is 23.8 Å². The summed E-state index contributed by atoms with van der Waals surface area (Å²) in [5.41, 5.74) is 1.62. The fourth-order valence-electron chi connectivity index (χ4n) is 2.70. The Bertz CT molecular complexity index is 916. The van der Waals surface area contributed by atoms with Gasteiger partial charge in [0.25, 0.3) is 0 Å². The first-order valence-corrected chi connectivity index (χ1v) is 8.11. The van der Waals surface area contributed by atoms with Gasteiger partial charge in [0.15, 0.2) is 0 Å². The molecule has 2 aromatic carbocycles. The number of methoxy groups -OCH3 is 1. The molecular weight excluding hydrogens is 361 g/mol. The van der Waals surface area contributed by atoms with E-state index in [-0.39, 0.29) is 5.75 Å². The van der Waals surface area contributed by atoms with Crippen LogP contribution in [0.5, 0.6) is 17.2 Å². The summed E-state index contributed by atoms with van der Waals surface area (Å²) in [5, 5.41) is 0. The molecule has 27 heavy (non-hydrogen) atoms. The molecule has 0 unspecified atom stereocenters. The molecule has 7 heteroatoms. The fraction of sp³-hybridized carbons (Fsp3) is 0.250. The molecule has 0 aromatic heterocycles. The molecule has 1 atom stereocenters. The second kappa shape index (κ2) is 6.98. The van der Waals surface area contributed by atoms with Crippen molar-refractivity contribution in [3.63, 3.8) is 0 Å². The molecule has 0 aliphatic carbocycles. The summed E-state index contributed by atoms with van der Waals surface area (Å²) < 4.78 is 55.3. The predicted octanol–water partition coefficient (Wildman–Crippen LogP) is 4.98. The zero-order chi connectivity index (χ0) is 19.8. The largest absolute Gasteiger partial charge is 0.475 e. The smallest absolute Gasteiger partial charge is 0.430 e. The van der Waals surface area contributed by atoms with Crippen LogP contribution >= 0.6 is 0 Å². The number of carbonyl (C=O) groups excluding carboxylic acids is 1. The van der Waals surface area contributed by atoms with Crippen molar-refractivity contribution in [1.29, 1.82) is 0 Å².